The van der Waals surface area contributed by atoms with E-state index in [4.69, 9.17) is 18.9 Å². The number of hydroxylamine groups is 3. The van der Waals surface area contributed by atoms with Gasteiger partial charge in [0.05, 0.1) is 46.1 Å². The maximum atomic E-state index is 13.9. The molecule has 0 aromatic heterocycles. The maximum Gasteiger partial charge on any atom is 0.203 e. The normalized spacial score (nSPS) is 22.5. The topological polar surface area (TPSA) is 80.2 Å². The van der Waals surface area contributed by atoms with Crippen molar-refractivity contribution in [2.24, 2.45) is 0 Å². The zero-order valence-corrected chi connectivity index (χ0v) is 16.6. The fourth-order valence-electron chi connectivity index (χ4n) is 4.65. The molecular formula is C21H25NO6. The van der Waals surface area contributed by atoms with E-state index in [1.807, 2.05) is 18.2 Å². The molecule has 2 aliphatic heterocycles. The number of nitrogens with zero attached hydrogens (tertiary/aromatic N) is 1. The summed E-state index contributed by atoms with van der Waals surface area (Å²) >= 11 is 0. The second kappa shape index (κ2) is 6.76. The number of quaternary nitrogens is 1. The number of phenolic OH excluding ortho intramolecular Hbond substituents is 1. The molecular weight excluding hydrogens is 362 g/mol. The Balaban J connectivity index is 1.87. The van der Waals surface area contributed by atoms with Crippen molar-refractivity contribution < 1.29 is 28.7 Å². The van der Waals surface area contributed by atoms with Crippen LogP contribution in [0.4, 0.5) is 0 Å². The molecule has 2 aromatic rings. The Morgan fingerprint density at radius 3 is 2.32 bits per heavy atom. The third kappa shape index (κ3) is 2.57. The van der Waals surface area contributed by atoms with Gasteiger partial charge in [0.15, 0.2) is 23.0 Å². The van der Waals surface area contributed by atoms with Crippen LogP contribution in [0.25, 0.3) is 0 Å². The second-order valence-electron chi connectivity index (χ2n) is 7.28. The summed E-state index contributed by atoms with van der Waals surface area (Å²) in [5.74, 6) is 2.00. The van der Waals surface area contributed by atoms with Crippen LogP contribution in [-0.2, 0) is 19.4 Å². The van der Waals surface area contributed by atoms with E-state index in [0.29, 0.717) is 42.2 Å². The van der Waals surface area contributed by atoms with Gasteiger partial charge in [-0.15, -0.1) is 0 Å². The maximum absolute atomic E-state index is 13.9. The Morgan fingerprint density at radius 2 is 1.68 bits per heavy atom. The minimum atomic E-state index is -0.438. The lowest BCUT2D eigenvalue weighted by atomic mass is 9.82. The minimum absolute atomic E-state index is 0.00354. The Hall–Kier alpha value is -2.64. The third-order valence-electron chi connectivity index (χ3n) is 6.01. The molecule has 0 spiro atoms. The lowest BCUT2D eigenvalue weighted by Crippen LogP contribution is -2.52. The second-order valence-corrected chi connectivity index (χ2v) is 7.28. The molecule has 2 heterocycles. The highest BCUT2D eigenvalue weighted by atomic mass is 16.6. The molecule has 2 aromatic carbocycles. The molecule has 1 N–H and O–H groups in total. The van der Waals surface area contributed by atoms with Crippen LogP contribution >= 0.6 is 0 Å². The van der Waals surface area contributed by atoms with Crippen LogP contribution < -0.4 is 18.9 Å². The molecule has 0 bridgehead atoms. The first-order valence-electron chi connectivity index (χ1n) is 9.24. The summed E-state index contributed by atoms with van der Waals surface area (Å²) in [4.78, 5) is 0. The van der Waals surface area contributed by atoms with E-state index in [-0.39, 0.29) is 18.0 Å². The van der Waals surface area contributed by atoms with E-state index >= 15 is 0 Å². The first-order valence-corrected chi connectivity index (χ1v) is 9.24. The molecule has 4 rings (SSSR count). The van der Waals surface area contributed by atoms with Gasteiger partial charge < -0.3 is 33.9 Å². The van der Waals surface area contributed by atoms with E-state index in [2.05, 4.69) is 0 Å². The summed E-state index contributed by atoms with van der Waals surface area (Å²) in [5.41, 5.74) is 3.53. The molecule has 0 amide bonds. The van der Waals surface area contributed by atoms with Gasteiger partial charge in [0.2, 0.25) is 5.75 Å². The monoisotopic (exact) mass is 387 g/mol. The van der Waals surface area contributed by atoms with Crippen LogP contribution in [0.5, 0.6) is 28.7 Å². The zero-order valence-electron chi connectivity index (χ0n) is 16.6. The Morgan fingerprint density at radius 1 is 0.964 bits per heavy atom. The van der Waals surface area contributed by atoms with E-state index in [9.17, 15) is 10.3 Å². The van der Waals surface area contributed by atoms with Crippen molar-refractivity contribution in [3.63, 3.8) is 0 Å². The highest BCUT2D eigenvalue weighted by Crippen LogP contribution is 2.53. The molecule has 0 unspecified atom stereocenters. The quantitative estimate of drug-likeness (QED) is 0.641. The molecule has 150 valence electrons. The van der Waals surface area contributed by atoms with Gasteiger partial charge in [-0.05, 0) is 23.3 Å². The first-order chi connectivity index (χ1) is 13.5. The van der Waals surface area contributed by atoms with Crippen molar-refractivity contribution in [2.75, 3.05) is 35.0 Å². The van der Waals surface area contributed by atoms with Gasteiger partial charge in [-0.1, -0.05) is 6.07 Å². The van der Waals surface area contributed by atoms with E-state index in [1.165, 1.54) is 14.2 Å². The number of phenols is 1. The Kier molecular flexibility index (Phi) is 4.51. The number of ether oxygens (including phenoxy) is 4. The summed E-state index contributed by atoms with van der Waals surface area (Å²) < 4.78 is 21.2. The number of fused-ring (bicyclic) bond motifs is 4. The molecule has 7 nitrogen and oxygen atoms in total. The number of rotatable bonds is 4. The van der Waals surface area contributed by atoms with Crippen molar-refractivity contribution in [1.29, 1.82) is 0 Å². The van der Waals surface area contributed by atoms with Crippen molar-refractivity contribution in [3.8, 4) is 28.7 Å². The minimum Gasteiger partial charge on any atom is -0.632 e. The van der Waals surface area contributed by atoms with E-state index in [1.54, 1.807) is 14.2 Å². The van der Waals surface area contributed by atoms with Gasteiger partial charge in [0.1, 0.15) is 12.6 Å². The fraction of sp³-hybridized carbons (Fsp3) is 0.429. The highest BCUT2D eigenvalue weighted by molar-refractivity contribution is 5.60. The average molecular weight is 387 g/mol. The van der Waals surface area contributed by atoms with Gasteiger partial charge in [-0.3, -0.25) is 0 Å². The first kappa shape index (κ1) is 18.7. The van der Waals surface area contributed by atoms with Crippen molar-refractivity contribution in [1.82, 2.24) is 0 Å². The Bertz CT molecular complexity index is 928. The van der Waals surface area contributed by atoms with Crippen LogP contribution in [0.2, 0.25) is 0 Å². The summed E-state index contributed by atoms with van der Waals surface area (Å²) in [6, 6.07) is 5.31. The molecule has 0 saturated carbocycles. The van der Waals surface area contributed by atoms with Gasteiger partial charge in [0.25, 0.3) is 0 Å². The molecule has 2 atom stereocenters. The summed E-state index contributed by atoms with van der Waals surface area (Å²) in [6.45, 7) is 0.694. The fourth-order valence-corrected chi connectivity index (χ4v) is 4.65. The predicted molar refractivity (Wildman–Crippen MR) is 103 cm³/mol. The SMILES string of the molecule is COc1cc2c(c(O)c1OC)[C@H]1Cc3ccc(OC)c(OC)c3C[N@@+]1([O-])CC2. The number of hydrogen-bond donors (Lipinski definition) is 1. The number of benzene rings is 2. The summed E-state index contributed by atoms with van der Waals surface area (Å²) in [6.07, 6.45) is 1.07. The van der Waals surface area contributed by atoms with Crippen LogP contribution in [0, 0.1) is 5.21 Å². The molecule has 0 radical (unpaired) electrons. The highest BCUT2D eigenvalue weighted by Gasteiger charge is 2.44. The molecule has 2 aliphatic rings. The van der Waals surface area contributed by atoms with E-state index < -0.39 is 10.7 Å². The number of hydrogen-bond acceptors (Lipinski definition) is 6. The largest absolute Gasteiger partial charge is 0.632 e. The van der Waals surface area contributed by atoms with Crippen molar-refractivity contribution in [3.05, 3.63) is 45.7 Å². The molecule has 0 fully saturated rings. The van der Waals surface area contributed by atoms with Crippen LogP contribution in [0.15, 0.2) is 18.2 Å². The van der Waals surface area contributed by atoms with E-state index in [0.717, 1.165) is 16.7 Å². The molecule has 0 aliphatic carbocycles. The van der Waals surface area contributed by atoms with Gasteiger partial charge >= 0.3 is 0 Å². The molecule has 7 heteroatoms. The lowest BCUT2D eigenvalue weighted by molar-refractivity contribution is -0.928. The summed E-state index contributed by atoms with van der Waals surface area (Å²) in [5, 5.41) is 24.8. The molecule has 28 heavy (non-hydrogen) atoms. The predicted octanol–water partition coefficient (Wildman–Crippen LogP) is 3.09. The Labute approximate surface area is 164 Å². The standard InChI is InChI=1S/C21H25NO6/c1-25-16-6-5-12-9-15-18-13(10-17(26-2)21(28-4)19(18)23)7-8-22(15,24)11-14(12)20(16)27-3/h5-6,10,15,23H,7-9,11H2,1-4H3/t15-,22+/m1/s1. The van der Waals surface area contributed by atoms with Crippen LogP contribution in [-0.4, -0.2) is 44.7 Å². The van der Waals surface area contributed by atoms with Gasteiger partial charge in [-0.2, -0.15) is 0 Å². The summed E-state index contributed by atoms with van der Waals surface area (Å²) in [7, 11) is 6.20. The smallest absolute Gasteiger partial charge is 0.203 e. The van der Waals surface area contributed by atoms with Crippen LogP contribution in [0.3, 0.4) is 0 Å². The lowest BCUT2D eigenvalue weighted by Gasteiger charge is -2.54. The molecule has 0 saturated heterocycles. The van der Waals surface area contributed by atoms with Gasteiger partial charge in [0, 0.05) is 12.8 Å². The number of methoxy groups -OCH3 is 4. The van der Waals surface area contributed by atoms with Crippen LogP contribution in [0.1, 0.15) is 28.3 Å². The average Bonchev–Trinajstić information content (AvgIpc) is 2.70. The third-order valence-corrected chi connectivity index (χ3v) is 6.01. The van der Waals surface area contributed by atoms with Gasteiger partial charge in [-0.25, -0.2) is 0 Å². The van der Waals surface area contributed by atoms with Crippen molar-refractivity contribution in [2.45, 2.75) is 25.4 Å². The van der Waals surface area contributed by atoms with Crippen molar-refractivity contribution >= 4 is 0 Å². The number of aromatic hydroxyl groups is 1. The zero-order chi connectivity index (χ0) is 20.1.